The molecule has 10 nitrogen and oxygen atoms in total. The summed E-state index contributed by atoms with van der Waals surface area (Å²) in [7, 11) is 0. The van der Waals surface area contributed by atoms with Crippen LogP contribution in [0, 0.1) is 5.82 Å². The smallest absolute Gasteiger partial charge is 0.339 e. The van der Waals surface area contributed by atoms with E-state index in [0.717, 1.165) is 12.8 Å². The van der Waals surface area contributed by atoms with Crippen molar-refractivity contribution >= 4 is 46.8 Å². The molecule has 1 amide bonds. The van der Waals surface area contributed by atoms with E-state index < -0.39 is 17.7 Å². The normalized spacial score (nSPS) is 15.0. The van der Waals surface area contributed by atoms with Crippen LogP contribution in [0.4, 0.5) is 27.5 Å². The van der Waals surface area contributed by atoms with Crippen LogP contribution in [0.2, 0.25) is 0 Å². The summed E-state index contributed by atoms with van der Waals surface area (Å²) >= 11 is 6.17. The molecule has 35 heavy (non-hydrogen) atoms. The molecule has 1 aromatic heterocycles. The molecule has 1 aliphatic heterocycles. The summed E-state index contributed by atoms with van der Waals surface area (Å²) < 4.78 is 20.4. The Hall–Kier alpha value is -3.96. The highest BCUT2D eigenvalue weighted by molar-refractivity contribution is 6.39. The number of hydrogen-bond acceptors (Lipinski definition) is 8. The van der Waals surface area contributed by atoms with Crippen LogP contribution in [0.3, 0.4) is 0 Å². The molecule has 1 atom stereocenters. The van der Waals surface area contributed by atoms with Crippen LogP contribution in [0.1, 0.15) is 33.6 Å². The van der Waals surface area contributed by atoms with Crippen LogP contribution in [-0.4, -0.2) is 51.3 Å². The summed E-state index contributed by atoms with van der Waals surface area (Å²) in [6.07, 6.45) is 2.92. The van der Waals surface area contributed by atoms with Gasteiger partial charge in [0.05, 0.1) is 11.8 Å². The van der Waals surface area contributed by atoms with Gasteiger partial charge in [-0.1, -0.05) is 12.1 Å². The molecule has 1 aliphatic rings. The van der Waals surface area contributed by atoms with Gasteiger partial charge in [-0.2, -0.15) is 4.98 Å². The first kappa shape index (κ1) is 24.2. The van der Waals surface area contributed by atoms with Crippen LogP contribution in [0.5, 0.6) is 5.75 Å². The van der Waals surface area contributed by atoms with Crippen molar-refractivity contribution in [3.63, 3.8) is 0 Å². The highest BCUT2D eigenvalue weighted by atomic mass is 35.5. The quantitative estimate of drug-likeness (QED) is 0.265. The van der Waals surface area contributed by atoms with Gasteiger partial charge in [-0.3, -0.25) is 4.79 Å². The average molecular weight is 502 g/mol. The SMILES string of the molecule is O=C(O)c1cc(Nc2ncc(C(=O)N(Cl)c3ccccc3F)c(NCC3CCCO3)n2)ccc1O. The zero-order chi connectivity index (χ0) is 24.9. The van der Waals surface area contributed by atoms with E-state index in [-0.39, 0.29) is 40.4 Å². The molecule has 2 heterocycles. The van der Waals surface area contributed by atoms with Crippen molar-refractivity contribution in [1.29, 1.82) is 0 Å². The maximum Gasteiger partial charge on any atom is 0.339 e. The molecule has 3 aromatic rings. The van der Waals surface area contributed by atoms with Crippen LogP contribution < -0.4 is 15.1 Å². The first-order chi connectivity index (χ1) is 16.8. The predicted molar refractivity (Wildman–Crippen MR) is 127 cm³/mol. The number of ether oxygens (including phenoxy) is 1. The molecular formula is C23H21ClFN5O5. The number of phenols is 1. The number of hydrogen-bond donors (Lipinski definition) is 4. The first-order valence-corrected chi connectivity index (χ1v) is 11.0. The topological polar surface area (TPSA) is 137 Å². The van der Waals surface area contributed by atoms with E-state index >= 15 is 0 Å². The molecule has 12 heteroatoms. The van der Waals surface area contributed by atoms with Gasteiger partial charge in [0.2, 0.25) is 5.95 Å². The summed E-state index contributed by atoms with van der Waals surface area (Å²) in [4.78, 5) is 32.9. The summed E-state index contributed by atoms with van der Waals surface area (Å²) in [6.45, 7) is 1.01. The second-order valence-corrected chi connectivity index (χ2v) is 8.01. The Balaban J connectivity index is 1.63. The van der Waals surface area contributed by atoms with Gasteiger partial charge < -0.3 is 25.6 Å². The standard InChI is InChI=1S/C23H21ClFN5O5/c24-30(18-6-2-1-5-17(18)25)21(32)16-12-27-23(29-20(16)26-11-14-4-3-9-35-14)28-13-7-8-19(31)15(10-13)22(33)34/h1-2,5-8,10,12,14,31H,3-4,9,11H2,(H,33,34)(H2,26,27,28,29). The van der Waals surface area contributed by atoms with Gasteiger partial charge >= 0.3 is 5.97 Å². The lowest BCUT2D eigenvalue weighted by Crippen LogP contribution is -2.26. The number of aromatic carboxylic acids is 1. The van der Waals surface area contributed by atoms with Crippen LogP contribution in [0.15, 0.2) is 48.7 Å². The van der Waals surface area contributed by atoms with Gasteiger partial charge in [-0.25, -0.2) is 18.6 Å². The lowest BCUT2D eigenvalue weighted by molar-refractivity contribution is 0.0693. The minimum absolute atomic E-state index is 0.0104. The molecule has 1 saturated heterocycles. The van der Waals surface area contributed by atoms with E-state index in [1.807, 2.05) is 0 Å². The van der Waals surface area contributed by atoms with E-state index in [4.69, 9.17) is 16.5 Å². The van der Waals surface area contributed by atoms with Crippen molar-refractivity contribution in [2.24, 2.45) is 0 Å². The van der Waals surface area contributed by atoms with Gasteiger partial charge in [0.25, 0.3) is 5.91 Å². The Kier molecular flexibility index (Phi) is 7.28. The summed E-state index contributed by atoms with van der Waals surface area (Å²) in [5, 5.41) is 24.8. The van der Waals surface area contributed by atoms with Gasteiger partial charge in [0, 0.05) is 36.8 Å². The van der Waals surface area contributed by atoms with E-state index in [1.165, 1.54) is 42.6 Å². The number of rotatable bonds is 8. The third-order valence-electron chi connectivity index (χ3n) is 5.27. The van der Waals surface area contributed by atoms with Gasteiger partial charge in [0.15, 0.2) is 0 Å². The Morgan fingerprint density at radius 2 is 2.03 bits per heavy atom. The molecule has 0 bridgehead atoms. The second kappa shape index (κ2) is 10.5. The van der Waals surface area contributed by atoms with E-state index in [1.54, 1.807) is 6.07 Å². The summed E-state index contributed by atoms with van der Waals surface area (Å²) in [5.41, 5.74) is -0.142. The molecular weight excluding hydrogens is 481 g/mol. The summed E-state index contributed by atoms with van der Waals surface area (Å²) in [5.74, 6) is -2.95. The molecule has 1 unspecified atom stereocenters. The fourth-order valence-corrected chi connectivity index (χ4v) is 3.72. The Labute approximate surface area is 204 Å². The van der Waals surface area contributed by atoms with Gasteiger partial charge in [-0.15, -0.1) is 0 Å². The van der Waals surface area contributed by atoms with Crippen LogP contribution in [-0.2, 0) is 4.74 Å². The van der Waals surface area contributed by atoms with Gasteiger partial charge in [0.1, 0.15) is 28.5 Å². The minimum Gasteiger partial charge on any atom is -0.507 e. The second-order valence-electron chi connectivity index (χ2n) is 7.67. The number of carbonyl (C=O) groups is 2. The molecule has 0 aliphatic carbocycles. The number of carbonyl (C=O) groups excluding carboxylic acids is 1. The Bertz CT molecular complexity index is 1250. The number of carboxylic acids is 1. The number of halogens is 2. The maximum absolute atomic E-state index is 14.2. The maximum atomic E-state index is 14.2. The third kappa shape index (κ3) is 5.58. The molecule has 4 N–H and O–H groups in total. The van der Waals surface area contributed by atoms with Crippen molar-refractivity contribution in [2.45, 2.75) is 18.9 Å². The van der Waals surface area contributed by atoms with Gasteiger partial charge in [-0.05, 0) is 43.2 Å². The van der Waals surface area contributed by atoms with Crippen LogP contribution in [0.25, 0.3) is 0 Å². The zero-order valence-corrected chi connectivity index (χ0v) is 19.0. The first-order valence-electron chi connectivity index (χ1n) is 10.6. The van der Waals surface area contributed by atoms with Crippen molar-refractivity contribution in [1.82, 2.24) is 9.97 Å². The molecule has 0 saturated carbocycles. The largest absolute Gasteiger partial charge is 0.507 e. The van der Waals surface area contributed by atoms with E-state index in [9.17, 15) is 24.2 Å². The van der Waals surface area contributed by atoms with E-state index in [0.29, 0.717) is 23.3 Å². The predicted octanol–water partition coefficient (Wildman–Crippen LogP) is 4.15. The molecule has 1 fully saturated rings. The lowest BCUT2D eigenvalue weighted by Gasteiger charge is -2.18. The Morgan fingerprint density at radius 1 is 1.23 bits per heavy atom. The monoisotopic (exact) mass is 501 g/mol. The number of carboxylic acid groups (broad SMARTS) is 1. The molecule has 182 valence electrons. The molecule has 4 rings (SSSR count). The number of aromatic nitrogens is 2. The molecule has 0 spiro atoms. The Morgan fingerprint density at radius 3 is 2.74 bits per heavy atom. The fourth-order valence-electron chi connectivity index (χ4n) is 3.49. The lowest BCUT2D eigenvalue weighted by atomic mass is 10.2. The molecule has 2 aromatic carbocycles. The highest BCUT2D eigenvalue weighted by Crippen LogP contribution is 2.27. The van der Waals surface area contributed by atoms with E-state index in [2.05, 4.69) is 20.6 Å². The van der Waals surface area contributed by atoms with Crippen molar-refractivity contribution in [3.8, 4) is 5.75 Å². The number of aromatic hydroxyl groups is 1. The zero-order valence-electron chi connectivity index (χ0n) is 18.2. The number of anilines is 4. The highest BCUT2D eigenvalue weighted by Gasteiger charge is 2.25. The summed E-state index contributed by atoms with van der Waals surface area (Å²) in [6, 6.07) is 9.46. The average Bonchev–Trinajstić information content (AvgIpc) is 3.37. The minimum atomic E-state index is -1.30. The van der Waals surface area contributed by atoms with Crippen LogP contribution >= 0.6 is 11.8 Å². The number of amides is 1. The number of benzene rings is 2. The molecule has 0 radical (unpaired) electrons. The van der Waals surface area contributed by atoms with Crippen molar-refractivity contribution in [2.75, 3.05) is 28.2 Å². The number of nitrogens with zero attached hydrogens (tertiary/aromatic N) is 3. The third-order valence-corrected chi connectivity index (χ3v) is 5.60. The number of nitrogens with one attached hydrogen (secondary N) is 2. The van der Waals surface area contributed by atoms with Crippen molar-refractivity contribution < 1.29 is 28.9 Å². The van der Waals surface area contributed by atoms with Crippen molar-refractivity contribution in [3.05, 3.63) is 65.6 Å². The fraction of sp³-hybridized carbons (Fsp3) is 0.217. The number of para-hydroxylation sites is 1.